The molecule has 2 N–H and O–H groups in total. The van der Waals surface area contributed by atoms with Crippen LogP contribution in [0.4, 0.5) is 17.6 Å². The van der Waals surface area contributed by atoms with E-state index >= 15 is 0 Å². The summed E-state index contributed by atoms with van der Waals surface area (Å²) in [6.07, 6.45) is 0.700. The van der Waals surface area contributed by atoms with Crippen LogP contribution in [-0.2, 0) is 6.42 Å². The van der Waals surface area contributed by atoms with Crippen molar-refractivity contribution in [2.75, 3.05) is 24.2 Å². The monoisotopic (exact) mass is 435 g/mol. The lowest BCUT2D eigenvalue weighted by atomic mass is 10.2. The molecule has 1 aromatic carbocycles. The summed E-state index contributed by atoms with van der Waals surface area (Å²) in [5.74, 6) is 2.23. The average Bonchev–Trinajstić information content (AvgIpc) is 2.98. The van der Waals surface area contributed by atoms with Gasteiger partial charge in [0, 0.05) is 49.9 Å². The Hall–Kier alpha value is -2.09. The van der Waals surface area contributed by atoms with E-state index in [4.69, 9.17) is 34.1 Å². The molecule has 0 unspecified atom stereocenters. The van der Waals surface area contributed by atoms with Crippen LogP contribution in [0, 0.1) is 0 Å². The zero-order chi connectivity index (χ0) is 21.3. The number of rotatable bonds is 7. The third-order valence-corrected chi connectivity index (χ3v) is 5.55. The molecule has 7 nitrogen and oxygen atoms in total. The second-order valence-corrected chi connectivity index (χ2v) is 8.35. The van der Waals surface area contributed by atoms with Gasteiger partial charge in [0.1, 0.15) is 23.0 Å². The highest BCUT2D eigenvalue weighted by Crippen LogP contribution is 2.31. The molecule has 0 spiro atoms. The number of nitrogens with zero attached hydrogens (tertiary/aromatic N) is 6. The largest absolute Gasteiger partial charge is 0.384 e. The Morgan fingerprint density at radius 3 is 2.41 bits per heavy atom. The summed E-state index contributed by atoms with van der Waals surface area (Å²) >= 11 is 12.8. The zero-order valence-corrected chi connectivity index (χ0v) is 18.9. The molecule has 3 rings (SSSR count). The SMILES string of the molecule is CC(C)N(CCc1nc(N)cc(N(C)c2nc3c(Cl)cccc3n2Cl)n1)C(C)C. The average molecular weight is 436 g/mol. The molecule has 156 valence electrons. The Kier molecular flexibility index (Phi) is 6.51. The van der Waals surface area contributed by atoms with E-state index in [1.807, 2.05) is 19.2 Å². The first-order chi connectivity index (χ1) is 13.7. The molecule has 0 bridgehead atoms. The first kappa shape index (κ1) is 21.6. The van der Waals surface area contributed by atoms with Crippen LogP contribution in [-0.4, -0.2) is 49.6 Å². The summed E-state index contributed by atoms with van der Waals surface area (Å²) in [5, 5.41) is 0.543. The fourth-order valence-corrected chi connectivity index (χ4v) is 3.96. The van der Waals surface area contributed by atoms with Crippen LogP contribution in [0.2, 0.25) is 5.02 Å². The van der Waals surface area contributed by atoms with Crippen LogP contribution in [0.25, 0.3) is 11.0 Å². The summed E-state index contributed by atoms with van der Waals surface area (Å²) in [6.45, 7) is 9.61. The molecular weight excluding hydrogens is 409 g/mol. The minimum Gasteiger partial charge on any atom is -0.384 e. The molecule has 0 saturated heterocycles. The van der Waals surface area contributed by atoms with Gasteiger partial charge in [-0.3, -0.25) is 9.80 Å². The van der Waals surface area contributed by atoms with Gasteiger partial charge >= 0.3 is 0 Å². The van der Waals surface area contributed by atoms with E-state index in [2.05, 4.69) is 42.6 Å². The molecule has 0 fully saturated rings. The van der Waals surface area contributed by atoms with Crippen molar-refractivity contribution in [3.63, 3.8) is 0 Å². The van der Waals surface area contributed by atoms with Gasteiger partial charge < -0.3 is 5.73 Å². The van der Waals surface area contributed by atoms with Crippen LogP contribution >= 0.6 is 23.4 Å². The van der Waals surface area contributed by atoms with Crippen molar-refractivity contribution in [1.29, 1.82) is 0 Å². The molecule has 9 heteroatoms. The smallest absolute Gasteiger partial charge is 0.227 e. The van der Waals surface area contributed by atoms with Crippen molar-refractivity contribution < 1.29 is 0 Å². The number of nitrogen functional groups attached to an aromatic ring is 1. The number of benzene rings is 1. The molecular formula is C20H27Cl2N7. The Morgan fingerprint density at radius 1 is 1.10 bits per heavy atom. The molecule has 0 radical (unpaired) electrons. The number of imidazole rings is 1. The molecule has 0 atom stereocenters. The molecule has 0 aliphatic rings. The quantitative estimate of drug-likeness (QED) is 0.588. The van der Waals surface area contributed by atoms with Gasteiger partial charge in [-0.25, -0.2) is 19.0 Å². The maximum atomic E-state index is 6.50. The van der Waals surface area contributed by atoms with E-state index in [0.29, 0.717) is 52.5 Å². The molecule has 0 saturated carbocycles. The summed E-state index contributed by atoms with van der Waals surface area (Å²) in [4.78, 5) is 17.9. The van der Waals surface area contributed by atoms with Gasteiger partial charge in [0.05, 0.1) is 10.5 Å². The third kappa shape index (κ3) is 4.57. The van der Waals surface area contributed by atoms with Gasteiger partial charge in [-0.2, -0.15) is 0 Å². The highest BCUT2D eigenvalue weighted by molar-refractivity contribution is 6.35. The Bertz CT molecular complexity index is 992. The number of hydrogen-bond donors (Lipinski definition) is 1. The number of hydrogen-bond acceptors (Lipinski definition) is 6. The molecule has 0 amide bonds. The lowest BCUT2D eigenvalue weighted by Gasteiger charge is -2.30. The van der Waals surface area contributed by atoms with Crippen molar-refractivity contribution in [2.24, 2.45) is 0 Å². The van der Waals surface area contributed by atoms with E-state index in [1.54, 1.807) is 17.0 Å². The molecule has 0 aliphatic carbocycles. The predicted molar refractivity (Wildman–Crippen MR) is 121 cm³/mol. The Morgan fingerprint density at radius 2 is 1.79 bits per heavy atom. The van der Waals surface area contributed by atoms with E-state index in [-0.39, 0.29) is 0 Å². The van der Waals surface area contributed by atoms with Crippen molar-refractivity contribution in [3.8, 4) is 0 Å². The minimum atomic E-state index is 0.410. The molecule has 0 aliphatic heterocycles. The fraction of sp³-hybridized carbons (Fsp3) is 0.450. The van der Waals surface area contributed by atoms with Crippen LogP contribution in [0.1, 0.15) is 33.5 Å². The number of halogens is 2. The van der Waals surface area contributed by atoms with Gasteiger partial charge in [-0.15, -0.1) is 0 Å². The number of para-hydroxylation sites is 1. The highest BCUT2D eigenvalue weighted by Gasteiger charge is 2.19. The molecule has 3 aromatic rings. The summed E-state index contributed by atoms with van der Waals surface area (Å²) in [6, 6.07) is 8.09. The van der Waals surface area contributed by atoms with Crippen LogP contribution in [0.3, 0.4) is 0 Å². The van der Waals surface area contributed by atoms with Crippen molar-refractivity contribution in [1.82, 2.24) is 23.9 Å². The van der Waals surface area contributed by atoms with Crippen molar-refractivity contribution in [3.05, 3.63) is 35.1 Å². The van der Waals surface area contributed by atoms with Gasteiger partial charge in [0.15, 0.2) is 0 Å². The summed E-state index contributed by atoms with van der Waals surface area (Å²) in [7, 11) is 1.84. The van der Waals surface area contributed by atoms with Crippen molar-refractivity contribution in [2.45, 2.75) is 46.2 Å². The number of aromatic nitrogens is 4. The van der Waals surface area contributed by atoms with Gasteiger partial charge in [-0.05, 0) is 39.8 Å². The third-order valence-electron chi connectivity index (χ3n) is 4.91. The normalized spacial score (nSPS) is 11.9. The maximum absolute atomic E-state index is 6.50. The molecule has 2 heterocycles. The van der Waals surface area contributed by atoms with Crippen LogP contribution in [0.5, 0.6) is 0 Å². The second kappa shape index (κ2) is 8.73. The first-order valence-electron chi connectivity index (χ1n) is 9.65. The number of nitrogens with two attached hydrogens (primary N) is 1. The van der Waals surface area contributed by atoms with Gasteiger partial charge in [0.2, 0.25) is 5.95 Å². The van der Waals surface area contributed by atoms with Crippen molar-refractivity contribution >= 4 is 52.0 Å². The predicted octanol–water partition coefficient (Wildman–Crippen LogP) is 4.49. The van der Waals surface area contributed by atoms with Crippen LogP contribution in [0.15, 0.2) is 24.3 Å². The Balaban J connectivity index is 1.90. The van der Waals surface area contributed by atoms with E-state index in [1.165, 1.54) is 4.09 Å². The second-order valence-electron chi connectivity index (χ2n) is 7.60. The summed E-state index contributed by atoms with van der Waals surface area (Å²) in [5.41, 5.74) is 7.43. The fourth-order valence-electron chi connectivity index (χ4n) is 3.46. The lowest BCUT2D eigenvalue weighted by molar-refractivity contribution is 0.176. The standard InChI is InChI=1S/C20H27Cl2N7/c1-12(2)28(13(3)4)10-9-17-24-16(23)11-18(25-17)27(5)20-26-19-14(21)7-6-8-15(19)29(20)22/h6-8,11-13H,9-10H2,1-5H3,(H2,23,24,25). The topological polar surface area (TPSA) is 76.1 Å². The lowest BCUT2D eigenvalue weighted by Crippen LogP contribution is -2.38. The minimum absolute atomic E-state index is 0.410. The summed E-state index contributed by atoms with van der Waals surface area (Å²) < 4.78 is 1.47. The molecule has 2 aromatic heterocycles. The Labute approximate surface area is 181 Å². The maximum Gasteiger partial charge on any atom is 0.227 e. The number of anilines is 3. The highest BCUT2D eigenvalue weighted by atomic mass is 35.5. The van der Waals surface area contributed by atoms with E-state index in [9.17, 15) is 0 Å². The zero-order valence-electron chi connectivity index (χ0n) is 17.4. The van der Waals surface area contributed by atoms with Gasteiger partial charge in [-0.1, -0.05) is 17.7 Å². The van der Waals surface area contributed by atoms with Gasteiger partial charge in [0.25, 0.3) is 0 Å². The van der Waals surface area contributed by atoms with E-state index < -0.39 is 0 Å². The first-order valence-corrected chi connectivity index (χ1v) is 10.4. The van der Waals surface area contributed by atoms with Crippen LogP contribution < -0.4 is 10.6 Å². The van der Waals surface area contributed by atoms with E-state index in [0.717, 1.165) is 12.1 Å². The molecule has 29 heavy (non-hydrogen) atoms. The number of fused-ring (bicyclic) bond motifs is 1.